The first-order valence-corrected chi connectivity index (χ1v) is 14.4. The highest BCUT2D eigenvalue weighted by Crippen LogP contribution is 2.43. The minimum absolute atomic E-state index is 0.0728. The fourth-order valence-corrected chi connectivity index (χ4v) is 6.39. The second kappa shape index (κ2) is 11.1. The Bertz CT molecular complexity index is 1530. The number of carbonyl (C=O) groups is 1. The van der Waals surface area contributed by atoms with Crippen LogP contribution < -0.4 is 20.3 Å². The second-order valence-corrected chi connectivity index (χ2v) is 11.5. The van der Waals surface area contributed by atoms with Gasteiger partial charge in [0, 0.05) is 44.7 Å². The molecule has 0 bridgehead atoms. The van der Waals surface area contributed by atoms with Gasteiger partial charge in [-0.2, -0.15) is 0 Å². The van der Waals surface area contributed by atoms with Crippen LogP contribution in [0.3, 0.4) is 0 Å². The average Bonchev–Trinajstić information content (AvgIpc) is 3.71. The maximum atomic E-state index is 13.7. The molecule has 2 unspecified atom stereocenters. The predicted octanol–water partition coefficient (Wildman–Crippen LogP) is 5.78. The number of amides is 1. The van der Waals surface area contributed by atoms with Crippen molar-refractivity contribution in [2.75, 3.05) is 23.9 Å². The minimum Gasteiger partial charge on any atom is -0.497 e. The van der Waals surface area contributed by atoms with Crippen LogP contribution in [-0.4, -0.2) is 35.8 Å². The molecule has 2 aliphatic rings. The molecule has 1 aliphatic carbocycles. The topological polar surface area (TPSA) is 94.1 Å². The lowest BCUT2D eigenvalue weighted by atomic mass is 10.1. The van der Waals surface area contributed by atoms with E-state index in [9.17, 15) is 15.0 Å². The zero-order valence-electron chi connectivity index (χ0n) is 22.6. The molecule has 0 saturated heterocycles. The maximum Gasteiger partial charge on any atom is 0.258 e. The van der Waals surface area contributed by atoms with Gasteiger partial charge in [0.2, 0.25) is 0 Å². The van der Waals surface area contributed by atoms with Gasteiger partial charge in [-0.25, -0.2) is 0 Å². The van der Waals surface area contributed by atoms with E-state index in [1.807, 2.05) is 60.4 Å². The molecule has 206 valence electrons. The van der Waals surface area contributed by atoms with E-state index in [1.54, 1.807) is 30.6 Å². The third-order valence-corrected chi connectivity index (χ3v) is 8.83. The zero-order chi connectivity index (χ0) is 27.8. The number of aliphatic hydroxyl groups excluding tert-OH is 2. The molecule has 0 spiro atoms. The van der Waals surface area contributed by atoms with E-state index in [0.29, 0.717) is 30.3 Å². The molecule has 8 heteroatoms. The molecule has 40 heavy (non-hydrogen) atoms. The normalized spacial score (nSPS) is 15.9. The number of nitrogens with zero attached hydrogens (tertiary/aromatic N) is 1. The average molecular weight is 556 g/mol. The summed E-state index contributed by atoms with van der Waals surface area (Å²) in [5, 5.41) is 27.8. The van der Waals surface area contributed by atoms with E-state index in [-0.39, 0.29) is 5.91 Å². The van der Waals surface area contributed by atoms with Gasteiger partial charge in [-0.15, -0.1) is 11.3 Å². The van der Waals surface area contributed by atoms with Crippen molar-refractivity contribution >= 4 is 28.6 Å². The molecule has 1 amide bonds. The fourth-order valence-electron chi connectivity index (χ4n) is 5.20. The Morgan fingerprint density at radius 3 is 2.52 bits per heavy atom. The molecule has 1 aromatic heterocycles. The van der Waals surface area contributed by atoms with E-state index < -0.39 is 12.5 Å². The molecule has 4 N–H and O–H groups in total. The van der Waals surface area contributed by atoms with E-state index in [2.05, 4.69) is 22.8 Å². The van der Waals surface area contributed by atoms with Crippen molar-refractivity contribution in [3.63, 3.8) is 0 Å². The van der Waals surface area contributed by atoms with Crippen molar-refractivity contribution in [1.29, 1.82) is 0 Å². The van der Waals surface area contributed by atoms with Gasteiger partial charge in [-0.05, 0) is 85.8 Å². The number of thiophene rings is 1. The Morgan fingerprint density at radius 1 is 1.02 bits per heavy atom. The summed E-state index contributed by atoms with van der Waals surface area (Å²) >= 11 is 1.60. The third kappa shape index (κ3) is 5.36. The number of hydrogen-bond donors (Lipinski definition) is 4. The van der Waals surface area contributed by atoms with Crippen LogP contribution in [-0.2, 0) is 6.42 Å². The molecule has 7 nitrogen and oxygen atoms in total. The molecule has 2 heterocycles. The Labute approximate surface area is 238 Å². The standard InChI is InChI=1S/C32H33N3O4S/c1-19-17-24(39-2)13-14-25(19)30(36)33-22-9-7-20(8-10-22)32(38)35-16-15-21-18-28(31(37)34-23-11-12-23)40-29(21)26-5-3-4-6-27(26)35/h3-10,13-14,17-18,23,30-31,33-34,36-37H,11-12,15-16H2,1-2H3. The lowest BCUT2D eigenvalue weighted by Gasteiger charge is -2.23. The summed E-state index contributed by atoms with van der Waals surface area (Å²) < 4.78 is 5.26. The Hall–Kier alpha value is -3.69. The zero-order valence-corrected chi connectivity index (χ0v) is 23.4. The number of para-hydroxylation sites is 1. The number of aliphatic hydroxyl groups is 2. The van der Waals surface area contributed by atoms with Gasteiger partial charge in [0.25, 0.3) is 5.91 Å². The van der Waals surface area contributed by atoms with Crippen LogP contribution >= 0.6 is 11.3 Å². The number of carbonyl (C=O) groups excluding carboxylic acids is 1. The summed E-state index contributed by atoms with van der Waals surface area (Å²) in [6.07, 6.45) is 1.37. The van der Waals surface area contributed by atoms with Gasteiger partial charge < -0.3 is 25.2 Å². The number of fused-ring (bicyclic) bond motifs is 3. The number of methoxy groups -OCH3 is 1. The molecular weight excluding hydrogens is 522 g/mol. The highest BCUT2D eigenvalue weighted by Gasteiger charge is 2.29. The number of rotatable bonds is 8. The first kappa shape index (κ1) is 26.5. The number of benzene rings is 3. The van der Waals surface area contributed by atoms with Crippen molar-refractivity contribution in [2.45, 2.75) is 44.7 Å². The van der Waals surface area contributed by atoms with E-state index in [1.165, 1.54) is 0 Å². The van der Waals surface area contributed by atoms with Crippen LogP contribution in [0.15, 0.2) is 72.8 Å². The Balaban J connectivity index is 1.20. The summed E-state index contributed by atoms with van der Waals surface area (Å²) in [4.78, 5) is 17.6. The molecule has 0 radical (unpaired) electrons. The van der Waals surface area contributed by atoms with Gasteiger partial charge in [-0.3, -0.25) is 10.1 Å². The van der Waals surface area contributed by atoms with Crippen LogP contribution in [0.1, 0.15) is 57.2 Å². The van der Waals surface area contributed by atoms with Crippen molar-refractivity contribution < 1.29 is 19.7 Å². The summed E-state index contributed by atoms with van der Waals surface area (Å²) in [6.45, 7) is 2.47. The van der Waals surface area contributed by atoms with Crippen LogP contribution in [0, 0.1) is 6.92 Å². The van der Waals surface area contributed by atoms with E-state index in [4.69, 9.17) is 4.74 Å². The SMILES string of the molecule is COc1ccc(C(O)Nc2ccc(C(=O)N3CCc4cc(C(O)NC5CC5)sc4-c4ccccc43)cc2)c(C)c1. The molecule has 2 atom stereocenters. The van der Waals surface area contributed by atoms with Crippen LogP contribution in [0.4, 0.5) is 11.4 Å². The van der Waals surface area contributed by atoms with Gasteiger partial charge in [-0.1, -0.05) is 24.3 Å². The maximum absolute atomic E-state index is 13.7. The van der Waals surface area contributed by atoms with Gasteiger partial charge >= 0.3 is 0 Å². The predicted molar refractivity (Wildman–Crippen MR) is 159 cm³/mol. The second-order valence-electron chi connectivity index (χ2n) is 10.4. The quantitative estimate of drug-likeness (QED) is 0.206. The summed E-state index contributed by atoms with van der Waals surface area (Å²) in [7, 11) is 1.62. The van der Waals surface area contributed by atoms with Crippen molar-refractivity contribution in [1.82, 2.24) is 5.32 Å². The van der Waals surface area contributed by atoms with Gasteiger partial charge in [0.05, 0.1) is 12.8 Å². The molecule has 1 fully saturated rings. The minimum atomic E-state index is -0.896. The van der Waals surface area contributed by atoms with Gasteiger partial charge in [0.1, 0.15) is 12.0 Å². The van der Waals surface area contributed by atoms with E-state index in [0.717, 1.165) is 56.3 Å². The molecule has 6 rings (SSSR count). The van der Waals surface area contributed by atoms with E-state index >= 15 is 0 Å². The number of hydrogen-bond acceptors (Lipinski definition) is 7. The smallest absolute Gasteiger partial charge is 0.258 e. The number of aryl methyl sites for hydroxylation is 1. The molecule has 1 saturated carbocycles. The highest BCUT2D eigenvalue weighted by molar-refractivity contribution is 7.15. The first-order chi connectivity index (χ1) is 19.4. The number of anilines is 2. The molecular formula is C32H33N3O4S. The van der Waals surface area contributed by atoms with Crippen molar-refractivity contribution in [3.8, 4) is 16.2 Å². The lowest BCUT2D eigenvalue weighted by molar-refractivity contribution is 0.0987. The Kier molecular flexibility index (Phi) is 7.33. The van der Waals surface area contributed by atoms with Crippen molar-refractivity contribution in [2.24, 2.45) is 0 Å². The van der Waals surface area contributed by atoms with Crippen LogP contribution in [0.2, 0.25) is 0 Å². The molecule has 1 aliphatic heterocycles. The number of nitrogens with one attached hydrogen (secondary N) is 2. The van der Waals surface area contributed by atoms with Crippen LogP contribution in [0.5, 0.6) is 5.75 Å². The molecule has 3 aromatic carbocycles. The molecule has 4 aromatic rings. The third-order valence-electron chi connectivity index (χ3n) is 7.56. The number of ether oxygens (including phenoxy) is 1. The first-order valence-electron chi connectivity index (χ1n) is 13.6. The Morgan fingerprint density at radius 2 is 1.80 bits per heavy atom. The fraction of sp³-hybridized carbons (Fsp3) is 0.281. The monoisotopic (exact) mass is 555 g/mol. The largest absolute Gasteiger partial charge is 0.497 e. The highest BCUT2D eigenvalue weighted by atomic mass is 32.1. The van der Waals surface area contributed by atoms with Crippen LogP contribution in [0.25, 0.3) is 10.4 Å². The van der Waals surface area contributed by atoms with Crippen molar-refractivity contribution in [3.05, 3.63) is 99.9 Å². The lowest BCUT2D eigenvalue weighted by Crippen LogP contribution is -2.32. The summed E-state index contributed by atoms with van der Waals surface area (Å²) in [5.74, 6) is 0.668. The summed E-state index contributed by atoms with van der Waals surface area (Å²) in [5.41, 5.74) is 6.00. The summed E-state index contributed by atoms with van der Waals surface area (Å²) in [6, 6.07) is 23.2. The van der Waals surface area contributed by atoms with Gasteiger partial charge in [0.15, 0.2) is 6.23 Å².